The summed E-state index contributed by atoms with van der Waals surface area (Å²) in [5.74, 6) is 0. The van der Waals surface area contributed by atoms with Gasteiger partial charge in [0.2, 0.25) is 0 Å². The van der Waals surface area contributed by atoms with E-state index in [-0.39, 0.29) is 22.0 Å². The van der Waals surface area contributed by atoms with E-state index in [1.54, 1.807) is 31.3 Å². The normalized spacial score (nSPS) is 15.2. The van der Waals surface area contributed by atoms with Crippen molar-refractivity contribution in [2.24, 2.45) is 0 Å². The number of rotatable bonds is 6. The van der Waals surface area contributed by atoms with Gasteiger partial charge in [0.25, 0.3) is 10.0 Å². The summed E-state index contributed by atoms with van der Waals surface area (Å²) in [6.07, 6.45) is 3.40. The Kier molecular flexibility index (Phi) is 5.15. The van der Waals surface area contributed by atoms with Crippen LogP contribution < -0.4 is 4.72 Å². The van der Waals surface area contributed by atoms with Crippen LogP contribution in [0.15, 0.2) is 29.4 Å². The predicted molar refractivity (Wildman–Crippen MR) is 84.4 cm³/mol. The van der Waals surface area contributed by atoms with E-state index in [1.807, 2.05) is 6.26 Å². The van der Waals surface area contributed by atoms with E-state index in [4.69, 9.17) is 11.6 Å². The van der Waals surface area contributed by atoms with Crippen LogP contribution in [0.4, 0.5) is 0 Å². The Bertz CT molecular complexity index is 728. The molecule has 0 aliphatic rings. The number of halogens is 1. The standard InChI is InChI=1S/C12H16ClN3O3S2/c1-8(9(7-17)20-2)15-21(18,19)12-11(13)14-10-5-3-4-6-16(10)12/h3-6,8-9,15,17H,7H2,1-2H3. The molecule has 2 unspecified atom stereocenters. The van der Waals surface area contributed by atoms with Gasteiger partial charge >= 0.3 is 0 Å². The molecule has 21 heavy (non-hydrogen) atoms. The van der Waals surface area contributed by atoms with E-state index >= 15 is 0 Å². The maximum absolute atomic E-state index is 12.5. The molecule has 0 bridgehead atoms. The van der Waals surface area contributed by atoms with Crippen molar-refractivity contribution in [3.63, 3.8) is 0 Å². The van der Waals surface area contributed by atoms with Crippen molar-refractivity contribution < 1.29 is 13.5 Å². The largest absolute Gasteiger partial charge is 0.395 e. The first-order chi connectivity index (χ1) is 9.90. The number of thioether (sulfide) groups is 1. The van der Waals surface area contributed by atoms with Crippen molar-refractivity contribution >= 4 is 39.0 Å². The van der Waals surface area contributed by atoms with Crippen molar-refractivity contribution in [2.75, 3.05) is 12.9 Å². The van der Waals surface area contributed by atoms with Crippen LogP contribution in [0.1, 0.15) is 6.92 Å². The fourth-order valence-electron chi connectivity index (χ4n) is 2.00. The third-order valence-corrected chi connectivity index (χ3v) is 6.20. The molecule has 0 amide bonds. The highest BCUT2D eigenvalue weighted by Gasteiger charge is 2.28. The van der Waals surface area contributed by atoms with Crippen molar-refractivity contribution in [3.8, 4) is 0 Å². The van der Waals surface area contributed by atoms with Crippen LogP contribution in [0, 0.1) is 0 Å². The minimum absolute atomic E-state index is 0.0781. The minimum atomic E-state index is -3.84. The van der Waals surface area contributed by atoms with E-state index in [9.17, 15) is 13.5 Å². The summed E-state index contributed by atoms with van der Waals surface area (Å²) < 4.78 is 29.0. The van der Waals surface area contributed by atoms with Crippen molar-refractivity contribution in [2.45, 2.75) is 23.2 Å². The molecule has 0 fully saturated rings. The molecule has 9 heteroatoms. The molecule has 0 aliphatic heterocycles. The lowest BCUT2D eigenvalue weighted by atomic mass is 10.3. The van der Waals surface area contributed by atoms with E-state index < -0.39 is 16.1 Å². The van der Waals surface area contributed by atoms with Crippen LogP contribution >= 0.6 is 23.4 Å². The Morgan fingerprint density at radius 3 is 2.86 bits per heavy atom. The SMILES string of the molecule is CSC(CO)C(C)NS(=O)(=O)c1c(Cl)nc2ccccn12. The first kappa shape index (κ1) is 16.6. The Hall–Kier alpha value is -0.800. The van der Waals surface area contributed by atoms with Gasteiger partial charge in [0.1, 0.15) is 5.65 Å². The summed E-state index contributed by atoms with van der Waals surface area (Å²) in [4.78, 5) is 4.03. The van der Waals surface area contributed by atoms with Crippen LogP contribution in [-0.4, -0.2) is 47.1 Å². The molecule has 2 rings (SSSR count). The molecule has 2 atom stereocenters. The van der Waals surface area contributed by atoms with Crippen molar-refractivity contribution in [1.29, 1.82) is 0 Å². The molecule has 0 radical (unpaired) electrons. The summed E-state index contributed by atoms with van der Waals surface area (Å²) in [6, 6.07) is 4.68. The van der Waals surface area contributed by atoms with Crippen LogP contribution in [0.5, 0.6) is 0 Å². The van der Waals surface area contributed by atoms with Gasteiger partial charge in [-0.1, -0.05) is 17.7 Å². The van der Waals surface area contributed by atoms with Gasteiger partial charge in [0.05, 0.1) is 6.61 Å². The number of aliphatic hydroxyl groups excluding tert-OH is 1. The summed E-state index contributed by atoms with van der Waals surface area (Å²) in [5.41, 5.74) is 0.458. The van der Waals surface area contributed by atoms with Gasteiger partial charge in [-0.05, 0) is 25.3 Å². The van der Waals surface area contributed by atoms with Gasteiger partial charge in [-0.3, -0.25) is 4.40 Å². The molecule has 0 aliphatic carbocycles. The van der Waals surface area contributed by atoms with Crippen molar-refractivity contribution in [3.05, 3.63) is 29.5 Å². The number of hydrogen-bond donors (Lipinski definition) is 2. The number of pyridine rings is 1. The van der Waals surface area contributed by atoms with Gasteiger partial charge in [-0.15, -0.1) is 0 Å². The van der Waals surface area contributed by atoms with Gasteiger partial charge < -0.3 is 5.11 Å². The molecule has 0 aromatic carbocycles. The Morgan fingerprint density at radius 1 is 1.52 bits per heavy atom. The smallest absolute Gasteiger partial charge is 0.260 e. The van der Waals surface area contributed by atoms with Gasteiger partial charge in [0.15, 0.2) is 10.2 Å². The van der Waals surface area contributed by atoms with Gasteiger partial charge in [-0.2, -0.15) is 11.8 Å². The zero-order chi connectivity index (χ0) is 15.6. The lowest BCUT2D eigenvalue weighted by molar-refractivity contribution is 0.282. The first-order valence-electron chi connectivity index (χ1n) is 6.19. The van der Waals surface area contributed by atoms with Gasteiger partial charge in [0, 0.05) is 17.5 Å². The molecular formula is C12H16ClN3O3S2. The van der Waals surface area contributed by atoms with E-state index in [2.05, 4.69) is 9.71 Å². The lowest BCUT2D eigenvalue weighted by Crippen LogP contribution is -2.41. The Morgan fingerprint density at radius 2 is 2.24 bits per heavy atom. The zero-order valence-corrected chi connectivity index (χ0v) is 13.9. The number of imidazole rings is 1. The number of aromatic nitrogens is 2. The second-order valence-electron chi connectivity index (χ2n) is 4.50. The molecule has 2 heterocycles. The second-order valence-corrected chi connectivity index (χ2v) is 7.57. The van der Waals surface area contributed by atoms with E-state index in [0.717, 1.165) is 0 Å². The number of hydrogen-bond acceptors (Lipinski definition) is 5. The fraction of sp³-hybridized carbons (Fsp3) is 0.417. The number of sulfonamides is 1. The Labute approximate surface area is 132 Å². The van der Waals surface area contributed by atoms with Crippen molar-refractivity contribution in [1.82, 2.24) is 14.1 Å². The molecule has 0 saturated carbocycles. The third kappa shape index (κ3) is 3.35. The monoisotopic (exact) mass is 349 g/mol. The Balaban J connectivity index is 2.41. The minimum Gasteiger partial charge on any atom is -0.395 e. The number of nitrogens with zero attached hydrogens (tertiary/aromatic N) is 2. The summed E-state index contributed by atoms with van der Waals surface area (Å²) in [6.45, 7) is 1.58. The fourth-order valence-corrected chi connectivity index (χ4v) is 4.64. The third-order valence-electron chi connectivity index (χ3n) is 3.08. The quantitative estimate of drug-likeness (QED) is 0.823. The topological polar surface area (TPSA) is 83.7 Å². The van der Waals surface area contributed by atoms with Crippen LogP contribution in [0.2, 0.25) is 5.15 Å². The maximum Gasteiger partial charge on any atom is 0.260 e. The van der Waals surface area contributed by atoms with E-state index in [1.165, 1.54) is 16.2 Å². The molecular weight excluding hydrogens is 334 g/mol. The molecule has 2 N–H and O–H groups in total. The molecule has 2 aromatic heterocycles. The average Bonchev–Trinajstić information content (AvgIpc) is 2.75. The van der Waals surface area contributed by atoms with Crippen LogP contribution in [0.3, 0.4) is 0 Å². The molecule has 116 valence electrons. The molecule has 0 saturated heterocycles. The number of nitrogens with one attached hydrogen (secondary N) is 1. The highest BCUT2D eigenvalue weighted by atomic mass is 35.5. The maximum atomic E-state index is 12.5. The second kappa shape index (κ2) is 6.53. The zero-order valence-electron chi connectivity index (χ0n) is 11.5. The summed E-state index contributed by atoms with van der Waals surface area (Å²) in [5, 5.41) is 8.84. The summed E-state index contributed by atoms with van der Waals surface area (Å²) in [7, 11) is -3.84. The molecule has 6 nitrogen and oxygen atoms in total. The highest BCUT2D eigenvalue weighted by molar-refractivity contribution is 7.99. The van der Waals surface area contributed by atoms with Crippen LogP contribution in [-0.2, 0) is 10.0 Å². The first-order valence-corrected chi connectivity index (χ1v) is 9.34. The summed E-state index contributed by atoms with van der Waals surface area (Å²) >= 11 is 7.37. The van der Waals surface area contributed by atoms with Gasteiger partial charge in [-0.25, -0.2) is 18.1 Å². The van der Waals surface area contributed by atoms with E-state index in [0.29, 0.717) is 5.65 Å². The lowest BCUT2D eigenvalue weighted by Gasteiger charge is -2.21. The predicted octanol–water partition coefficient (Wildman–Crippen LogP) is 1.38. The van der Waals surface area contributed by atoms with Crippen LogP contribution in [0.25, 0.3) is 5.65 Å². The average molecular weight is 350 g/mol. The molecule has 0 spiro atoms. The molecule has 2 aromatic rings. The highest BCUT2D eigenvalue weighted by Crippen LogP contribution is 2.23. The number of fused-ring (bicyclic) bond motifs is 1. The number of aliphatic hydroxyl groups is 1.